The molecule has 0 aromatic heterocycles. The van der Waals surface area contributed by atoms with Gasteiger partial charge in [-0.15, -0.1) is 0 Å². The third-order valence-electron chi connectivity index (χ3n) is 1.76. The Morgan fingerprint density at radius 2 is 1.93 bits per heavy atom. The lowest BCUT2D eigenvalue weighted by Gasteiger charge is -2.10. The van der Waals surface area contributed by atoms with Crippen LogP contribution in [0.4, 0.5) is 5.69 Å². The molecular weight excluding hydrogens is 324 g/mol. The second-order valence-electron chi connectivity index (χ2n) is 2.90. The zero-order valence-corrected chi connectivity index (χ0v) is 11.5. The van der Waals surface area contributed by atoms with E-state index < -0.39 is 0 Å². The average molecular weight is 336 g/mol. The number of para-hydroxylation sites is 1. The fraction of sp³-hybridized carbons (Fsp3) is 0.300. The van der Waals surface area contributed by atoms with E-state index in [-0.39, 0.29) is 12.5 Å². The molecule has 2 N–H and O–H groups in total. The van der Waals surface area contributed by atoms with Crippen molar-refractivity contribution in [2.45, 2.75) is 6.92 Å². The van der Waals surface area contributed by atoms with Crippen molar-refractivity contribution in [3.63, 3.8) is 0 Å². The van der Waals surface area contributed by atoms with Crippen LogP contribution in [-0.2, 0) is 4.79 Å². The van der Waals surface area contributed by atoms with Crippen molar-refractivity contribution in [3.8, 4) is 0 Å². The highest BCUT2D eigenvalue weighted by molar-refractivity contribution is 9.11. The Balaban J connectivity index is 2.61. The lowest BCUT2D eigenvalue weighted by atomic mass is 10.3. The zero-order chi connectivity index (χ0) is 11.3. The Morgan fingerprint density at radius 1 is 1.33 bits per heavy atom. The molecule has 0 fully saturated rings. The van der Waals surface area contributed by atoms with Gasteiger partial charge in [0, 0.05) is 15.5 Å². The number of anilines is 1. The van der Waals surface area contributed by atoms with Crippen LogP contribution in [0.1, 0.15) is 6.92 Å². The minimum Gasteiger partial charge on any atom is -0.374 e. The molecule has 0 spiro atoms. The van der Waals surface area contributed by atoms with Crippen molar-refractivity contribution in [2.75, 3.05) is 18.4 Å². The Kier molecular flexibility index (Phi) is 5.11. The largest absolute Gasteiger partial charge is 0.374 e. The Labute approximate surface area is 106 Å². The van der Waals surface area contributed by atoms with Crippen molar-refractivity contribution in [1.29, 1.82) is 0 Å². The van der Waals surface area contributed by atoms with Crippen molar-refractivity contribution in [1.82, 2.24) is 5.32 Å². The van der Waals surface area contributed by atoms with Crippen molar-refractivity contribution >= 4 is 43.5 Å². The van der Waals surface area contributed by atoms with Gasteiger partial charge in [0.05, 0.1) is 12.2 Å². The summed E-state index contributed by atoms with van der Waals surface area (Å²) in [6.45, 7) is 2.82. The number of halogens is 2. The maximum Gasteiger partial charge on any atom is 0.239 e. The number of carbonyl (C=O) groups is 1. The highest BCUT2D eigenvalue weighted by Gasteiger charge is 2.05. The highest BCUT2D eigenvalue weighted by Crippen LogP contribution is 2.30. The maximum absolute atomic E-state index is 11.2. The first kappa shape index (κ1) is 12.5. The van der Waals surface area contributed by atoms with Gasteiger partial charge < -0.3 is 10.6 Å². The predicted molar refractivity (Wildman–Crippen MR) is 69.0 cm³/mol. The van der Waals surface area contributed by atoms with Gasteiger partial charge in [-0.1, -0.05) is 6.07 Å². The maximum atomic E-state index is 11.2. The van der Waals surface area contributed by atoms with Crippen molar-refractivity contribution < 1.29 is 4.79 Å². The fourth-order valence-corrected chi connectivity index (χ4v) is 2.37. The molecule has 1 amide bonds. The molecule has 0 aliphatic carbocycles. The molecule has 1 aromatic rings. The summed E-state index contributed by atoms with van der Waals surface area (Å²) in [6, 6.07) is 5.76. The number of carbonyl (C=O) groups excluding carboxylic acids is 1. The summed E-state index contributed by atoms with van der Waals surface area (Å²) in [5.41, 5.74) is 0.892. The molecule has 1 aromatic carbocycles. The quantitative estimate of drug-likeness (QED) is 0.888. The Morgan fingerprint density at radius 3 is 2.47 bits per heavy atom. The summed E-state index contributed by atoms with van der Waals surface area (Å²) in [7, 11) is 0. The molecule has 0 aliphatic heterocycles. The zero-order valence-electron chi connectivity index (χ0n) is 8.31. The molecule has 0 saturated heterocycles. The number of hydrogen-bond donors (Lipinski definition) is 2. The number of benzene rings is 1. The van der Waals surface area contributed by atoms with E-state index in [2.05, 4.69) is 42.5 Å². The topological polar surface area (TPSA) is 41.1 Å². The molecule has 0 aliphatic rings. The van der Waals surface area contributed by atoms with Gasteiger partial charge in [0.25, 0.3) is 0 Å². The fourth-order valence-electron chi connectivity index (χ4n) is 1.10. The second kappa shape index (κ2) is 6.12. The first-order valence-electron chi connectivity index (χ1n) is 4.59. The van der Waals surface area contributed by atoms with E-state index in [1.54, 1.807) is 0 Å². The summed E-state index contributed by atoms with van der Waals surface area (Å²) < 4.78 is 1.86. The van der Waals surface area contributed by atoms with Gasteiger partial charge in [0.15, 0.2) is 0 Å². The molecule has 0 saturated carbocycles. The van der Waals surface area contributed by atoms with Gasteiger partial charge in [-0.25, -0.2) is 0 Å². The number of rotatable bonds is 4. The number of hydrogen-bond acceptors (Lipinski definition) is 2. The molecule has 0 bridgehead atoms. The third-order valence-corrected chi connectivity index (χ3v) is 3.08. The molecule has 0 atom stereocenters. The van der Waals surface area contributed by atoms with Gasteiger partial charge in [0.2, 0.25) is 5.91 Å². The van der Waals surface area contributed by atoms with Gasteiger partial charge in [0.1, 0.15) is 0 Å². The summed E-state index contributed by atoms with van der Waals surface area (Å²) in [4.78, 5) is 11.2. The van der Waals surface area contributed by atoms with Crippen LogP contribution in [-0.4, -0.2) is 19.0 Å². The normalized spacial score (nSPS) is 9.80. The monoisotopic (exact) mass is 334 g/mol. The van der Waals surface area contributed by atoms with Crippen LogP contribution in [0.2, 0.25) is 0 Å². The van der Waals surface area contributed by atoms with Gasteiger partial charge in [-0.05, 0) is 50.9 Å². The minimum atomic E-state index is -0.0137. The molecule has 15 heavy (non-hydrogen) atoms. The highest BCUT2D eigenvalue weighted by atomic mass is 79.9. The van der Waals surface area contributed by atoms with Crippen LogP contribution >= 0.6 is 31.9 Å². The van der Waals surface area contributed by atoms with Gasteiger partial charge in [-0.3, -0.25) is 4.79 Å². The molecule has 1 rings (SSSR count). The Bertz CT molecular complexity index is 335. The number of likely N-dealkylation sites (N-methyl/N-ethyl adjacent to an activating group) is 1. The van der Waals surface area contributed by atoms with E-state index in [0.29, 0.717) is 6.54 Å². The van der Waals surface area contributed by atoms with E-state index in [9.17, 15) is 4.79 Å². The van der Waals surface area contributed by atoms with E-state index >= 15 is 0 Å². The molecule has 0 unspecified atom stereocenters. The lowest BCUT2D eigenvalue weighted by Crippen LogP contribution is -2.29. The van der Waals surface area contributed by atoms with Crippen molar-refractivity contribution in [2.24, 2.45) is 0 Å². The summed E-state index contributed by atoms with van der Waals surface area (Å²) in [5.74, 6) is -0.0137. The average Bonchev–Trinajstić information content (AvgIpc) is 2.17. The molecule has 0 radical (unpaired) electrons. The molecule has 3 nitrogen and oxygen atoms in total. The third kappa shape index (κ3) is 3.83. The molecular formula is C10H12Br2N2O. The van der Waals surface area contributed by atoms with Crippen LogP contribution < -0.4 is 10.6 Å². The lowest BCUT2D eigenvalue weighted by molar-refractivity contribution is -0.119. The Hall–Kier alpha value is -0.550. The predicted octanol–water partition coefficient (Wildman–Crippen LogP) is 2.76. The smallest absolute Gasteiger partial charge is 0.239 e. The van der Waals surface area contributed by atoms with E-state index in [0.717, 1.165) is 14.6 Å². The van der Waals surface area contributed by atoms with Crippen LogP contribution in [0.5, 0.6) is 0 Å². The van der Waals surface area contributed by atoms with E-state index in [4.69, 9.17) is 0 Å². The van der Waals surface area contributed by atoms with E-state index in [1.165, 1.54) is 0 Å². The second-order valence-corrected chi connectivity index (χ2v) is 4.61. The van der Waals surface area contributed by atoms with Gasteiger partial charge in [-0.2, -0.15) is 0 Å². The van der Waals surface area contributed by atoms with Crippen LogP contribution in [0.3, 0.4) is 0 Å². The minimum absolute atomic E-state index is 0.0137. The summed E-state index contributed by atoms with van der Waals surface area (Å²) in [6.07, 6.45) is 0. The first-order chi connectivity index (χ1) is 7.15. The molecule has 5 heteroatoms. The number of amides is 1. The van der Waals surface area contributed by atoms with E-state index in [1.807, 2.05) is 25.1 Å². The molecule has 82 valence electrons. The SMILES string of the molecule is CCNC(=O)CNc1c(Br)cccc1Br. The van der Waals surface area contributed by atoms with Crippen LogP contribution in [0, 0.1) is 0 Å². The van der Waals surface area contributed by atoms with Gasteiger partial charge >= 0.3 is 0 Å². The van der Waals surface area contributed by atoms with Crippen LogP contribution in [0.15, 0.2) is 27.1 Å². The van der Waals surface area contributed by atoms with Crippen LogP contribution in [0.25, 0.3) is 0 Å². The summed E-state index contributed by atoms with van der Waals surface area (Å²) >= 11 is 6.82. The number of nitrogens with one attached hydrogen (secondary N) is 2. The summed E-state index contributed by atoms with van der Waals surface area (Å²) in [5, 5.41) is 5.78. The first-order valence-corrected chi connectivity index (χ1v) is 6.18. The standard InChI is InChI=1S/C10H12Br2N2O/c1-2-13-9(15)6-14-10-7(11)4-3-5-8(10)12/h3-5,14H,2,6H2,1H3,(H,13,15). The molecule has 0 heterocycles. The van der Waals surface area contributed by atoms with Crippen molar-refractivity contribution in [3.05, 3.63) is 27.1 Å².